The number of nitrogens with one attached hydrogen (secondary N) is 1. The predicted molar refractivity (Wildman–Crippen MR) is 119 cm³/mol. The lowest BCUT2D eigenvalue weighted by atomic mass is 9.92. The van der Waals surface area contributed by atoms with Gasteiger partial charge in [0.05, 0.1) is 42.1 Å². The Labute approximate surface area is 185 Å². The molecule has 9 heteroatoms. The molecule has 3 heterocycles. The number of nitrogens with zero attached hydrogens (tertiary/aromatic N) is 3. The minimum atomic E-state index is -0.951. The first kappa shape index (κ1) is 21.8. The Morgan fingerprint density at radius 3 is 2.75 bits per heavy atom. The van der Waals surface area contributed by atoms with Crippen LogP contribution in [0.5, 0.6) is 0 Å². The van der Waals surface area contributed by atoms with Crippen molar-refractivity contribution in [3.05, 3.63) is 66.2 Å². The van der Waals surface area contributed by atoms with E-state index in [0.29, 0.717) is 23.5 Å². The van der Waals surface area contributed by atoms with Gasteiger partial charge in [0.1, 0.15) is 6.10 Å². The zero-order chi connectivity index (χ0) is 22.7. The maximum atomic E-state index is 13.1. The van der Waals surface area contributed by atoms with Crippen LogP contribution in [0.1, 0.15) is 41.9 Å². The van der Waals surface area contributed by atoms with Gasteiger partial charge in [0.15, 0.2) is 11.5 Å². The molecule has 5 N–H and O–H groups in total. The van der Waals surface area contributed by atoms with E-state index < -0.39 is 30.3 Å². The second-order valence-electron chi connectivity index (χ2n) is 7.65. The first-order valence-corrected chi connectivity index (χ1v) is 10.4. The van der Waals surface area contributed by atoms with Gasteiger partial charge in [0.2, 0.25) is 0 Å². The summed E-state index contributed by atoms with van der Waals surface area (Å²) in [5.74, 6) is -0.130. The number of pyridine rings is 1. The molecule has 0 unspecified atom stereocenters. The van der Waals surface area contributed by atoms with Gasteiger partial charge in [-0.1, -0.05) is 37.3 Å². The topological polar surface area (TPSA) is 143 Å². The van der Waals surface area contributed by atoms with Crippen molar-refractivity contribution >= 4 is 17.3 Å². The normalized spacial score (nSPS) is 23.0. The van der Waals surface area contributed by atoms with E-state index in [9.17, 15) is 15.0 Å². The maximum absolute atomic E-state index is 13.1. The average Bonchev–Trinajstić information content (AvgIpc) is 2.82. The molecule has 4 rings (SSSR count). The van der Waals surface area contributed by atoms with Gasteiger partial charge >= 0.3 is 0 Å². The van der Waals surface area contributed by atoms with Crippen molar-refractivity contribution < 1.29 is 19.7 Å². The van der Waals surface area contributed by atoms with Crippen LogP contribution in [0.2, 0.25) is 0 Å². The van der Waals surface area contributed by atoms with Gasteiger partial charge in [-0.05, 0) is 12.5 Å². The van der Waals surface area contributed by atoms with Gasteiger partial charge in [-0.25, -0.2) is 9.97 Å². The Morgan fingerprint density at radius 1 is 1.22 bits per heavy atom. The highest BCUT2D eigenvalue weighted by molar-refractivity contribution is 6.06. The van der Waals surface area contributed by atoms with Gasteiger partial charge in [-0.3, -0.25) is 9.78 Å². The number of nitrogen functional groups attached to an aromatic ring is 1. The maximum Gasteiger partial charge on any atom is 0.276 e. The van der Waals surface area contributed by atoms with Crippen LogP contribution in [0, 0.1) is 0 Å². The summed E-state index contributed by atoms with van der Waals surface area (Å²) < 4.78 is 5.99. The standard InChI is InChI=1S/C23H25N5O4/c1-2-18-21(30)17(29)10-19(32-18)14-8-9-25-12-16(14)27-23(31)20-15(24)11-26-22(28-20)13-6-4-3-5-7-13/h3-9,11-12,17-19,21,29-30H,2,10,24H2,1H3,(H,27,31)/t17-,18-,19-,21+/m1/s1. The summed E-state index contributed by atoms with van der Waals surface area (Å²) in [5, 5.41) is 23.2. The number of carbonyl (C=O) groups is 1. The molecule has 0 radical (unpaired) electrons. The summed E-state index contributed by atoms with van der Waals surface area (Å²) in [5.41, 5.74) is 8.00. The van der Waals surface area contributed by atoms with Gasteiger partial charge in [0.25, 0.3) is 5.91 Å². The molecule has 1 aliphatic heterocycles. The summed E-state index contributed by atoms with van der Waals surface area (Å²) in [6, 6.07) is 11.0. The van der Waals surface area contributed by atoms with Crippen LogP contribution in [-0.2, 0) is 4.74 Å². The van der Waals surface area contributed by atoms with Gasteiger partial charge < -0.3 is 26.0 Å². The van der Waals surface area contributed by atoms with E-state index in [1.807, 2.05) is 37.3 Å². The van der Waals surface area contributed by atoms with E-state index in [0.717, 1.165) is 5.56 Å². The number of amides is 1. The third-order valence-corrected chi connectivity index (χ3v) is 5.49. The molecule has 2 aromatic heterocycles. The lowest BCUT2D eigenvalue weighted by Crippen LogP contribution is -2.45. The van der Waals surface area contributed by atoms with Crippen LogP contribution in [0.4, 0.5) is 11.4 Å². The largest absolute Gasteiger partial charge is 0.396 e. The minimum Gasteiger partial charge on any atom is -0.396 e. The summed E-state index contributed by atoms with van der Waals surface area (Å²) in [4.78, 5) is 25.7. The van der Waals surface area contributed by atoms with E-state index in [2.05, 4.69) is 20.3 Å². The number of rotatable bonds is 5. The number of hydrogen-bond acceptors (Lipinski definition) is 8. The first-order chi connectivity index (χ1) is 15.5. The molecule has 4 atom stereocenters. The van der Waals surface area contributed by atoms with Gasteiger partial charge in [-0.15, -0.1) is 0 Å². The van der Waals surface area contributed by atoms with Crippen LogP contribution in [-0.4, -0.2) is 49.4 Å². The van der Waals surface area contributed by atoms with Crippen molar-refractivity contribution in [2.75, 3.05) is 11.1 Å². The van der Waals surface area contributed by atoms with E-state index in [1.165, 1.54) is 12.4 Å². The highest BCUT2D eigenvalue weighted by Crippen LogP contribution is 2.36. The number of anilines is 2. The molecule has 1 aliphatic rings. The molecular formula is C23H25N5O4. The van der Waals surface area contributed by atoms with Crippen LogP contribution < -0.4 is 11.1 Å². The number of hydrogen-bond donors (Lipinski definition) is 4. The van der Waals surface area contributed by atoms with Crippen molar-refractivity contribution in [1.82, 2.24) is 15.0 Å². The van der Waals surface area contributed by atoms with Crippen molar-refractivity contribution in [3.63, 3.8) is 0 Å². The van der Waals surface area contributed by atoms with Gasteiger partial charge in [0, 0.05) is 23.7 Å². The fourth-order valence-corrected chi connectivity index (χ4v) is 3.76. The van der Waals surface area contributed by atoms with E-state index in [-0.39, 0.29) is 17.8 Å². The van der Waals surface area contributed by atoms with Crippen molar-refractivity contribution in [2.45, 2.75) is 44.2 Å². The zero-order valence-electron chi connectivity index (χ0n) is 17.5. The lowest BCUT2D eigenvalue weighted by molar-refractivity contribution is -0.170. The van der Waals surface area contributed by atoms with Crippen LogP contribution in [0.3, 0.4) is 0 Å². The molecule has 32 heavy (non-hydrogen) atoms. The molecule has 0 aliphatic carbocycles. The Kier molecular flexibility index (Phi) is 6.40. The Hall–Kier alpha value is -3.40. The number of aliphatic hydroxyl groups is 2. The van der Waals surface area contributed by atoms with Crippen molar-refractivity contribution in [1.29, 1.82) is 0 Å². The highest BCUT2D eigenvalue weighted by atomic mass is 16.5. The molecule has 3 aromatic rings. The Bertz CT molecular complexity index is 1090. The first-order valence-electron chi connectivity index (χ1n) is 10.4. The van der Waals surface area contributed by atoms with Crippen LogP contribution >= 0.6 is 0 Å². The van der Waals surface area contributed by atoms with Crippen LogP contribution in [0.15, 0.2) is 55.0 Å². The third-order valence-electron chi connectivity index (χ3n) is 5.49. The molecule has 1 aromatic carbocycles. The molecule has 0 spiro atoms. The molecule has 166 valence electrons. The van der Waals surface area contributed by atoms with Crippen molar-refractivity contribution in [3.8, 4) is 11.4 Å². The van der Waals surface area contributed by atoms with E-state index >= 15 is 0 Å². The molecule has 9 nitrogen and oxygen atoms in total. The third kappa shape index (κ3) is 4.45. The predicted octanol–water partition coefficient (Wildman–Crippen LogP) is 2.33. The Morgan fingerprint density at radius 2 is 2.00 bits per heavy atom. The SMILES string of the molecule is CC[C@H]1O[C@@H](c2ccncc2NC(=O)c2nc(-c3ccccc3)ncc2N)C[C@@H](O)[C@@H]1O. The number of aromatic nitrogens is 3. The molecule has 0 bridgehead atoms. The summed E-state index contributed by atoms with van der Waals surface area (Å²) in [6.07, 6.45) is 2.33. The summed E-state index contributed by atoms with van der Waals surface area (Å²) >= 11 is 0. The monoisotopic (exact) mass is 435 g/mol. The fourth-order valence-electron chi connectivity index (χ4n) is 3.76. The second kappa shape index (κ2) is 9.39. The molecule has 0 saturated carbocycles. The quantitative estimate of drug-likeness (QED) is 0.478. The lowest BCUT2D eigenvalue weighted by Gasteiger charge is -2.37. The smallest absolute Gasteiger partial charge is 0.276 e. The molecule has 1 amide bonds. The zero-order valence-corrected chi connectivity index (χ0v) is 17.5. The second-order valence-corrected chi connectivity index (χ2v) is 7.65. The summed E-state index contributed by atoms with van der Waals surface area (Å²) in [6.45, 7) is 1.88. The van der Waals surface area contributed by atoms with Gasteiger partial charge in [-0.2, -0.15) is 0 Å². The minimum absolute atomic E-state index is 0.0418. The van der Waals surface area contributed by atoms with Crippen LogP contribution in [0.25, 0.3) is 11.4 Å². The molecule has 1 fully saturated rings. The molecular weight excluding hydrogens is 410 g/mol. The average molecular weight is 435 g/mol. The van der Waals surface area contributed by atoms with Crippen molar-refractivity contribution in [2.24, 2.45) is 0 Å². The summed E-state index contributed by atoms with van der Waals surface area (Å²) in [7, 11) is 0. The fraction of sp³-hybridized carbons (Fsp3) is 0.304. The van der Waals surface area contributed by atoms with E-state index in [4.69, 9.17) is 10.5 Å². The molecule has 1 saturated heterocycles. The Balaban J connectivity index is 1.60. The highest BCUT2D eigenvalue weighted by Gasteiger charge is 2.37. The number of benzene rings is 1. The van der Waals surface area contributed by atoms with E-state index in [1.54, 1.807) is 12.3 Å². The number of ether oxygens (including phenoxy) is 1. The number of nitrogens with two attached hydrogens (primary N) is 1. The number of carbonyl (C=O) groups excluding carboxylic acids is 1. The number of aliphatic hydroxyl groups excluding tert-OH is 2.